The second kappa shape index (κ2) is 5.32. The molecule has 0 aliphatic carbocycles. The number of benzene rings is 1. The first-order valence-electron chi connectivity index (χ1n) is 5.81. The van der Waals surface area contributed by atoms with Gasteiger partial charge in [-0.1, -0.05) is 6.07 Å². The third-order valence-corrected chi connectivity index (χ3v) is 2.88. The molecule has 1 aromatic rings. The molecule has 1 aromatic carbocycles. The van der Waals surface area contributed by atoms with Crippen molar-refractivity contribution in [1.29, 1.82) is 0 Å². The van der Waals surface area contributed by atoms with Crippen LogP contribution in [0.2, 0.25) is 0 Å². The van der Waals surface area contributed by atoms with Crippen LogP contribution in [0.1, 0.15) is 6.42 Å². The standard InChI is InChI=1S/C12H16FN3O2/c13-9-2-1-3-10(6-9)16-11(17)15-8-12(18)4-5-14-7-12/h1-3,6,14,18H,4-5,7-8H2,(H2,15,16,17)/t12-/m0/s1. The van der Waals surface area contributed by atoms with Gasteiger partial charge in [0.15, 0.2) is 0 Å². The van der Waals surface area contributed by atoms with Crippen LogP contribution in [0.25, 0.3) is 0 Å². The zero-order valence-corrected chi connectivity index (χ0v) is 9.87. The van der Waals surface area contributed by atoms with Crippen LogP contribution in [-0.4, -0.2) is 36.4 Å². The van der Waals surface area contributed by atoms with E-state index in [1.165, 1.54) is 18.2 Å². The van der Waals surface area contributed by atoms with Crippen LogP contribution >= 0.6 is 0 Å². The molecule has 1 aliphatic heterocycles. The Bertz CT molecular complexity index is 433. The van der Waals surface area contributed by atoms with E-state index in [0.29, 0.717) is 18.7 Å². The fourth-order valence-corrected chi connectivity index (χ4v) is 1.87. The molecule has 0 radical (unpaired) electrons. The number of nitrogens with one attached hydrogen (secondary N) is 3. The summed E-state index contributed by atoms with van der Waals surface area (Å²) in [5, 5.41) is 18.1. The Kier molecular flexibility index (Phi) is 3.78. The van der Waals surface area contributed by atoms with Gasteiger partial charge in [-0.15, -0.1) is 0 Å². The van der Waals surface area contributed by atoms with Crippen molar-refractivity contribution in [3.8, 4) is 0 Å². The van der Waals surface area contributed by atoms with Gasteiger partial charge < -0.3 is 21.1 Å². The van der Waals surface area contributed by atoms with Gasteiger partial charge in [-0.25, -0.2) is 9.18 Å². The van der Waals surface area contributed by atoms with E-state index in [4.69, 9.17) is 0 Å². The molecule has 1 fully saturated rings. The molecule has 0 spiro atoms. The molecular formula is C12H16FN3O2. The maximum absolute atomic E-state index is 12.9. The van der Waals surface area contributed by atoms with Crippen LogP contribution in [-0.2, 0) is 0 Å². The fourth-order valence-electron chi connectivity index (χ4n) is 1.87. The van der Waals surface area contributed by atoms with Gasteiger partial charge in [-0.2, -0.15) is 0 Å². The van der Waals surface area contributed by atoms with Gasteiger partial charge in [0.25, 0.3) is 0 Å². The molecule has 0 aromatic heterocycles. The molecule has 1 atom stereocenters. The summed E-state index contributed by atoms with van der Waals surface area (Å²) in [4.78, 5) is 11.5. The minimum absolute atomic E-state index is 0.168. The molecule has 1 heterocycles. The first-order valence-corrected chi connectivity index (χ1v) is 5.81. The number of rotatable bonds is 3. The topological polar surface area (TPSA) is 73.4 Å². The van der Waals surface area contributed by atoms with Gasteiger partial charge in [0.05, 0.1) is 5.60 Å². The zero-order chi connectivity index (χ0) is 13.0. The number of carbonyl (C=O) groups excluding carboxylic acids is 1. The van der Waals surface area contributed by atoms with E-state index in [0.717, 1.165) is 6.54 Å². The number of halogens is 1. The number of hydrogen-bond acceptors (Lipinski definition) is 3. The average Bonchev–Trinajstić information content (AvgIpc) is 2.74. The smallest absolute Gasteiger partial charge is 0.319 e. The number of hydrogen-bond donors (Lipinski definition) is 4. The number of carbonyl (C=O) groups is 1. The van der Waals surface area contributed by atoms with Gasteiger partial charge in [0.2, 0.25) is 0 Å². The quantitative estimate of drug-likeness (QED) is 0.640. The Morgan fingerprint density at radius 2 is 2.39 bits per heavy atom. The normalized spacial score (nSPS) is 22.8. The summed E-state index contributed by atoms with van der Waals surface area (Å²) in [6.45, 7) is 1.37. The van der Waals surface area contributed by atoms with Crippen molar-refractivity contribution >= 4 is 11.7 Å². The maximum Gasteiger partial charge on any atom is 0.319 e. The first-order chi connectivity index (χ1) is 8.57. The number of aliphatic hydroxyl groups is 1. The molecule has 4 N–H and O–H groups in total. The van der Waals surface area contributed by atoms with Gasteiger partial charge in [0, 0.05) is 18.8 Å². The van der Waals surface area contributed by atoms with Crippen molar-refractivity contribution in [2.24, 2.45) is 0 Å². The number of amides is 2. The van der Waals surface area contributed by atoms with Gasteiger partial charge in [-0.05, 0) is 31.2 Å². The zero-order valence-electron chi connectivity index (χ0n) is 9.87. The monoisotopic (exact) mass is 253 g/mol. The highest BCUT2D eigenvalue weighted by atomic mass is 19.1. The van der Waals surface area contributed by atoms with Crippen LogP contribution in [0.3, 0.4) is 0 Å². The van der Waals surface area contributed by atoms with E-state index in [2.05, 4.69) is 16.0 Å². The lowest BCUT2D eigenvalue weighted by atomic mass is 10.0. The predicted molar refractivity (Wildman–Crippen MR) is 65.9 cm³/mol. The molecule has 2 amide bonds. The highest BCUT2D eigenvalue weighted by Crippen LogP contribution is 2.13. The average molecular weight is 253 g/mol. The van der Waals surface area contributed by atoms with Gasteiger partial charge in [-0.3, -0.25) is 0 Å². The molecule has 1 saturated heterocycles. The van der Waals surface area contributed by atoms with Crippen LogP contribution in [0.15, 0.2) is 24.3 Å². The van der Waals surface area contributed by atoms with Crippen molar-refractivity contribution < 1.29 is 14.3 Å². The fraction of sp³-hybridized carbons (Fsp3) is 0.417. The SMILES string of the molecule is O=C(NC[C@]1(O)CCNC1)Nc1cccc(F)c1. The molecule has 98 valence electrons. The van der Waals surface area contributed by atoms with E-state index in [9.17, 15) is 14.3 Å². The Morgan fingerprint density at radius 1 is 1.56 bits per heavy atom. The minimum atomic E-state index is -0.890. The Morgan fingerprint density at radius 3 is 3.06 bits per heavy atom. The maximum atomic E-state index is 12.9. The molecule has 1 aliphatic rings. The van der Waals surface area contributed by atoms with Crippen molar-refractivity contribution in [2.45, 2.75) is 12.0 Å². The summed E-state index contributed by atoms with van der Waals surface area (Å²) in [6.07, 6.45) is 0.604. The Balaban J connectivity index is 1.82. The van der Waals surface area contributed by atoms with Gasteiger partial charge >= 0.3 is 6.03 Å². The lowest BCUT2D eigenvalue weighted by Gasteiger charge is -2.21. The number of anilines is 1. The highest BCUT2D eigenvalue weighted by Gasteiger charge is 2.31. The summed E-state index contributed by atoms with van der Waals surface area (Å²) in [5.74, 6) is -0.411. The number of β-amino-alcohol motifs (C(OH)–C–C–N with tert-alkyl or cyclic N) is 1. The number of urea groups is 1. The van der Waals surface area contributed by atoms with Crippen molar-refractivity contribution in [1.82, 2.24) is 10.6 Å². The first kappa shape index (κ1) is 12.8. The molecular weight excluding hydrogens is 237 g/mol. The predicted octanol–water partition coefficient (Wildman–Crippen LogP) is 0.672. The molecule has 0 saturated carbocycles. The van der Waals surface area contributed by atoms with Gasteiger partial charge in [0.1, 0.15) is 5.82 Å². The van der Waals surface area contributed by atoms with Crippen molar-refractivity contribution in [2.75, 3.05) is 25.0 Å². The second-order valence-electron chi connectivity index (χ2n) is 4.47. The Hall–Kier alpha value is -1.66. The lowest BCUT2D eigenvalue weighted by molar-refractivity contribution is 0.0640. The molecule has 0 bridgehead atoms. The largest absolute Gasteiger partial charge is 0.387 e. The third kappa shape index (κ3) is 3.41. The summed E-state index contributed by atoms with van der Waals surface area (Å²) < 4.78 is 12.9. The van der Waals surface area contributed by atoms with E-state index < -0.39 is 17.4 Å². The Labute approximate surface area is 104 Å². The summed E-state index contributed by atoms with van der Waals surface area (Å²) >= 11 is 0. The van der Waals surface area contributed by atoms with E-state index in [1.54, 1.807) is 6.07 Å². The third-order valence-electron chi connectivity index (χ3n) is 2.88. The molecule has 2 rings (SSSR count). The molecule has 5 nitrogen and oxygen atoms in total. The minimum Gasteiger partial charge on any atom is -0.387 e. The van der Waals surface area contributed by atoms with Crippen LogP contribution < -0.4 is 16.0 Å². The van der Waals surface area contributed by atoms with Crippen LogP contribution in [0, 0.1) is 5.82 Å². The second-order valence-corrected chi connectivity index (χ2v) is 4.47. The summed E-state index contributed by atoms with van der Waals surface area (Å²) in [5.41, 5.74) is -0.511. The molecule has 18 heavy (non-hydrogen) atoms. The summed E-state index contributed by atoms with van der Waals surface area (Å²) in [7, 11) is 0. The van der Waals surface area contributed by atoms with Crippen molar-refractivity contribution in [3.05, 3.63) is 30.1 Å². The molecule has 0 unspecified atom stereocenters. The summed E-state index contributed by atoms with van der Waals surface area (Å²) in [6, 6.07) is 5.18. The highest BCUT2D eigenvalue weighted by molar-refractivity contribution is 5.89. The van der Waals surface area contributed by atoms with E-state index in [1.807, 2.05) is 0 Å². The van der Waals surface area contributed by atoms with Crippen LogP contribution in [0.4, 0.5) is 14.9 Å². The molecule has 6 heteroatoms. The lowest BCUT2D eigenvalue weighted by Crippen LogP contribution is -2.45. The van der Waals surface area contributed by atoms with Crippen LogP contribution in [0.5, 0.6) is 0 Å². The van der Waals surface area contributed by atoms with E-state index in [-0.39, 0.29) is 6.54 Å². The van der Waals surface area contributed by atoms with E-state index >= 15 is 0 Å². The van der Waals surface area contributed by atoms with Crippen molar-refractivity contribution in [3.63, 3.8) is 0 Å².